The number of aryl methyl sites for hydroxylation is 2. The lowest BCUT2D eigenvalue weighted by atomic mass is 9.79. The summed E-state index contributed by atoms with van der Waals surface area (Å²) in [6.45, 7) is 10.3. The summed E-state index contributed by atoms with van der Waals surface area (Å²) < 4.78 is 14.1. The molecule has 106 valence electrons. The highest BCUT2D eigenvalue weighted by Gasteiger charge is 2.51. The van der Waals surface area contributed by atoms with Crippen LogP contribution < -0.4 is 5.46 Å². The highest BCUT2D eigenvalue weighted by molar-refractivity contribution is 6.62. The molecule has 1 fully saturated rings. The second kappa shape index (κ2) is 4.09. The minimum atomic E-state index is -0.327. The zero-order valence-corrected chi connectivity index (χ0v) is 13.0. The largest absolute Gasteiger partial charge is 0.494 e. The maximum absolute atomic E-state index is 6.08. The molecule has 2 aromatic rings. The van der Waals surface area contributed by atoms with Crippen LogP contribution in [0.15, 0.2) is 18.2 Å². The average Bonchev–Trinajstić information content (AvgIpc) is 2.74. The minimum absolute atomic E-state index is 0.313. The standard InChI is InChI=1S/C15H21BN2O2/c1-10-12-8-7-11(9-13(12)17-18(10)6)16-19-14(2,3)15(4,5)20-16/h7-9H,1-6H3. The van der Waals surface area contributed by atoms with Crippen molar-refractivity contribution in [3.8, 4) is 0 Å². The van der Waals surface area contributed by atoms with Gasteiger partial charge in [-0.05, 0) is 46.1 Å². The first-order chi connectivity index (χ1) is 9.21. The molecule has 5 heteroatoms. The van der Waals surface area contributed by atoms with Crippen LogP contribution in [0, 0.1) is 6.92 Å². The number of aromatic nitrogens is 2. The smallest absolute Gasteiger partial charge is 0.399 e. The monoisotopic (exact) mass is 272 g/mol. The first-order valence-electron chi connectivity index (χ1n) is 7.00. The quantitative estimate of drug-likeness (QED) is 0.746. The molecule has 0 radical (unpaired) electrons. The summed E-state index contributed by atoms with van der Waals surface area (Å²) in [5.74, 6) is 0. The number of hydrogen-bond acceptors (Lipinski definition) is 3. The summed E-state index contributed by atoms with van der Waals surface area (Å²) >= 11 is 0. The van der Waals surface area contributed by atoms with Gasteiger partial charge in [-0.25, -0.2) is 0 Å². The van der Waals surface area contributed by atoms with Crippen LogP contribution in [0.2, 0.25) is 0 Å². The normalized spacial score (nSPS) is 20.8. The second-order valence-corrected chi connectivity index (χ2v) is 6.57. The van der Waals surface area contributed by atoms with E-state index in [1.807, 2.05) is 11.7 Å². The molecule has 0 bridgehead atoms. The molecule has 0 N–H and O–H groups in total. The van der Waals surface area contributed by atoms with Crippen molar-refractivity contribution in [2.75, 3.05) is 0 Å². The zero-order valence-electron chi connectivity index (χ0n) is 13.0. The van der Waals surface area contributed by atoms with E-state index in [4.69, 9.17) is 9.31 Å². The predicted molar refractivity (Wildman–Crippen MR) is 81.2 cm³/mol. The molecule has 0 atom stereocenters. The van der Waals surface area contributed by atoms with Crippen molar-refractivity contribution in [3.63, 3.8) is 0 Å². The molecule has 3 rings (SSSR count). The van der Waals surface area contributed by atoms with Gasteiger partial charge in [-0.3, -0.25) is 4.68 Å². The number of rotatable bonds is 1. The van der Waals surface area contributed by atoms with Crippen molar-refractivity contribution in [1.29, 1.82) is 0 Å². The Labute approximate surface area is 120 Å². The van der Waals surface area contributed by atoms with E-state index >= 15 is 0 Å². The number of fused-ring (bicyclic) bond motifs is 1. The lowest BCUT2D eigenvalue weighted by molar-refractivity contribution is 0.00578. The highest BCUT2D eigenvalue weighted by Crippen LogP contribution is 2.36. The molecule has 0 spiro atoms. The highest BCUT2D eigenvalue weighted by atomic mass is 16.7. The van der Waals surface area contributed by atoms with Crippen LogP contribution in [0.25, 0.3) is 10.9 Å². The first kappa shape index (κ1) is 13.6. The van der Waals surface area contributed by atoms with Crippen LogP contribution >= 0.6 is 0 Å². The Balaban J connectivity index is 2.00. The van der Waals surface area contributed by atoms with Crippen molar-refractivity contribution in [2.45, 2.75) is 45.8 Å². The maximum atomic E-state index is 6.08. The Morgan fingerprint density at radius 3 is 2.30 bits per heavy atom. The molecule has 1 aromatic carbocycles. The lowest BCUT2D eigenvalue weighted by Crippen LogP contribution is -2.41. The van der Waals surface area contributed by atoms with Gasteiger partial charge in [0, 0.05) is 18.1 Å². The van der Waals surface area contributed by atoms with Crippen molar-refractivity contribution in [1.82, 2.24) is 9.78 Å². The third-order valence-electron chi connectivity index (χ3n) is 4.68. The second-order valence-electron chi connectivity index (χ2n) is 6.57. The van der Waals surface area contributed by atoms with Crippen LogP contribution in [0.5, 0.6) is 0 Å². The van der Waals surface area contributed by atoms with Crippen LogP contribution in [0.4, 0.5) is 0 Å². The van der Waals surface area contributed by atoms with E-state index < -0.39 is 0 Å². The van der Waals surface area contributed by atoms with E-state index in [9.17, 15) is 0 Å². The van der Waals surface area contributed by atoms with Gasteiger partial charge in [0.05, 0.1) is 16.7 Å². The molecule has 1 aliphatic rings. The summed E-state index contributed by atoms with van der Waals surface area (Å²) in [6.07, 6.45) is 0. The Morgan fingerprint density at radius 2 is 1.70 bits per heavy atom. The summed E-state index contributed by atoms with van der Waals surface area (Å²) in [5, 5.41) is 5.70. The van der Waals surface area contributed by atoms with Gasteiger partial charge in [0.2, 0.25) is 0 Å². The average molecular weight is 272 g/mol. The van der Waals surface area contributed by atoms with Gasteiger partial charge in [0.1, 0.15) is 0 Å². The van der Waals surface area contributed by atoms with Gasteiger partial charge < -0.3 is 9.31 Å². The third kappa shape index (κ3) is 1.88. The van der Waals surface area contributed by atoms with E-state index in [0.717, 1.165) is 11.0 Å². The molecule has 0 aliphatic carbocycles. The Kier molecular flexibility index (Phi) is 2.79. The maximum Gasteiger partial charge on any atom is 0.494 e. The van der Waals surface area contributed by atoms with Crippen LogP contribution in [-0.4, -0.2) is 28.1 Å². The number of hydrogen-bond donors (Lipinski definition) is 0. The van der Waals surface area contributed by atoms with Gasteiger partial charge in [0.25, 0.3) is 0 Å². The predicted octanol–water partition coefficient (Wildman–Crippen LogP) is 2.18. The van der Waals surface area contributed by atoms with E-state index in [-0.39, 0.29) is 18.3 Å². The van der Waals surface area contributed by atoms with Crippen molar-refractivity contribution < 1.29 is 9.31 Å². The van der Waals surface area contributed by atoms with Gasteiger partial charge in [-0.2, -0.15) is 5.10 Å². The Hall–Kier alpha value is -1.33. The third-order valence-corrected chi connectivity index (χ3v) is 4.68. The molecule has 1 saturated heterocycles. The number of nitrogens with zero attached hydrogens (tertiary/aromatic N) is 2. The van der Waals surface area contributed by atoms with Gasteiger partial charge in [-0.15, -0.1) is 0 Å². The van der Waals surface area contributed by atoms with Crippen molar-refractivity contribution in [2.24, 2.45) is 7.05 Å². The van der Waals surface area contributed by atoms with Crippen molar-refractivity contribution >= 4 is 23.5 Å². The first-order valence-corrected chi connectivity index (χ1v) is 7.00. The molecule has 1 aliphatic heterocycles. The molecule has 0 unspecified atom stereocenters. The van der Waals surface area contributed by atoms with Gasteiger partial charge in [-0.1, -0.05) is 12.1 Å². The molecule has 0 amide bonds. The molecule has 0 saturated carbocycles. The van der Waals surface area contributed by atoms with Crippen LogP contribution in [0.1, 0.15) is 33.4 Å². The minimum Gasteiger partial charge on any atom is -0.399 e. The fourth-order valence-corrected chi connectivity index (χ4v) is 2.47. The lowest BCUT2D eigenvalue weighted by Gasteiger charge is -2.32. The molecule has 4 nitrogen and oxygen atoms in total. The van der Waals surface area contributed by atoms with Gasteiger partial charge in [0.15, 0.2) is 0 Å². The topological polar surface area (TPSA) is 36.3 Å². The van der Waals surface area contributed by atoms with Crippen molar-refractivity contribution in [3.05, 3.63) is 23.9 Å². The number of benzene rings is 1. The summed E-state index contributed by atoms with van der Waals surface area (Å²) in [4.78, 5) is 0. The van der Waals surface area contributed by atoms with E-state index in [2.05, 4.69) is 57.9 Å². The molecular formula is C15H21BN2O2. The summed E-state index contributed by atoms with van der Waals surface area (Å²) in [5.41, 5.74) is 2.55. The molecule has 1 aromatic heterocycles. The SMILES string of the molecule is Cc1c2ccc(B3OC(C)(C)C(C)(C)O3)cc2nn1C. The Morgan fingerprint density at radius 1 is 1.10 bits per heavy atom. The summed E-state index contributed by atoms with van der Waals surface area (Å²) in [7, 11) is 1.63. The summed E-state index contributed by atoms with van der Waals surface area (Å²) in [6, 6.07) is 6.22. The molecule has 20 heavy (non-hydrogen) atoms. The van der Waals surface area contributed by atoms with Crippen LogP contribution in [-0.2, 0) is 16.4 Å². The molecule has 2 heterocycles. The van der Waals surface area contributed by atoms with E-state index in [1.54, 1.807) is 0 Å². The molecular weight excluding hydrogens is 251 g/mol. The van der Waals surface area contributed by atoms with E-state index in [1.165, 1.54) is 11.1 Å². The Bertz CT molecular complexity index is 660. The fraction of sp³-hybridized carbons (Fsp3) is 0.533. The zero-order chi connectivity index (χ0) is 14.7. The van der Waals surface area contributed by atoms with E-state index in [0.29, 0.717) is 0 Å². The van der Waals surface area contributed by atoms with Crippen LogP contribution in [0.3, 0.4) is 0 Å². The van der Waals surface area contributed by atoms with Gasteiger partial charge >= 0.3 is 7.12 Å². The fourth-order valence-electron chi connectivity index (χ4n) is 2.47.